The van der Waals surface area contributed by atoms with Crippen LogP contribution in [0.2, 0.25) is 0 Å². The van der Waals surface area contributed by atoms with E-state index in [2.05, 4.69) is 31.4 Å². The molecule has 0 amide bonds. The van der Waals surface area contributed by atoms with Gasteiger partial charge in [0.15, 0.2) is 0 Å². The van der Waals surface area contributed by atoms with Crippen LogP contribution in [0.25, 0.3) is 12.2 Å². The first kappa shape index (κ1) is 10.3. The molecule has 0 saturated carbocycles. The van der Waals surface area contributed by atoms with Crippen LogP contribution in [-0.4, -0.2) is 18.3 Å². The molecule has 2 heteroatoms. The van der Waals surface area contributed by atoms with E-state index < -0.39 is 0 Å². The van der Waals surface area contributed by atoms with E-state index in [1.807, 2.05) is 24.3 Å². The standard InChI is InChI=1S/C16H14O2/c1-3-10-6-5-7-12(11(10)4-2)16-9-8-13-14(17-13)15(16)18-16/h3-9,13-15H,1-2H2. The van der Waals surface area contributed by atoms with Crippen LogP contribution in [0, 0.1) is 0 Å². The first-order chi connectivity index (χ1) is 8.80. The third kappa shape index (κ3) is 1.14. The normalized spacial score (nSPS) is 38.6. The molecule has 2 saturated heterocycles. The summed E-state index contributed by atoms with van der Waals surface area (Å²) in [5.74, 6) is 0. The molecule has 2 heterocycles. The summed E-state index contributed by atoms with van der Waals surface area (Å²) in [6.45, 7) is 7.77. The van der Waals surface area contributed by atoms with E-state index in [1.54, 1.807) is 0 Å². The van der Waals surface area contributed by atoms with Gasteiger partial charge in [-0.3, -0.25) is 0 Å². The smallest absolute Gasteiger partial charge is 0.141 e. The molecule has 2 aliphatic heterocycles. The maximum atomic E-state index is 5.95. The van der Waals surface area contributed by atoms with Crippen LogP contribution in [0.4, 0.5) is 0 Å². The number of fused-ring (bicyclic) bond motifs is 3. The van der Waals surface area contributed by atoms with Gasteiger partial charge >= 0.3 is 0 Å². The highest BCUT2D eigenvalue weighted by atomic mass is 16.7. The third-order valence-corrected chi connectivity index (χ3v) is 4.07. The fourth-order valence-electron chi connectivity index (χ4n) is 3.03. The summed E-state index contributed by atoms with van der Waals surface area (Å²) in [4.78, 5) is 0. The van der Waals surface area contributed by atoms with Crippen molar-refractivity contribution in [2.75, 3.05) is 0 Å². The highest BCUT2D eigenvalue weighted by molar-refractivity contribution is 5.69. The lowest BCUT2D eigenvalue weighted by atomic mass is 9.84. The second-order valence-corrected chi connectivity index (χ2v) is 4.97. The quantitative estimate of drug-likeness (QED) is 0.597. The third-order valence-electron chi connectivity index (χ3n) is 4.07. The minimum Gasteiger partial charge on any atom is -0.362 e. The fraction of sp³-hybridized carbons (Fsp3) is 0.250. The average Bonchev–Trinajstić information content (AvgIpc) is 3.26. The van der Waals surface area contributed by atoms with Crippen LogP contribution in [0.1, 0.15) is 16.7 Å². The van der Waals surface area contributed by atoms with E-state index >= 15 is 0 Å². The van der Waals surface area contributed by atoms with Gasteiger partial charge in [-0.05, 0) is 22.8 Å². The van der Waals surface area contributed by atoms with Gasteiger partial charge in [-0.15, -0.1) is 0 Å². The van der Waals surface area contributed by atoms with Crippen molar-refractivity contribution in [1.82, 2.24) is 0 Å². The Kier molecular flexibility index (Phi) is 1.84. The van der Waals surface area contributed by atoms with Gasteiger partial charge in [-0.2, -0.15) is 0 Å². The second-order valence-electron chi connectivity index (χ2n) is 4.97. The number of hydrogen-bond donors (Lipinski definition) is 0. The Morgan fingerprint density at radius 3 is 2.89 bits per heavy atom. The summed E-state index contributed by atoms with van der Waals surface area (Å²) in [7, 11) is 0. The molecule has 90 valence electrons. The molecular formula is C16H14O2. The van der Waals surface area contributed by atoms with Crippen LogP contribution in [-0.2, 0) is 15.1 Å². The molecule has 2 nitrogen and oxygen atoms in total. The zero-order chi connectivity index (χ0) is 12.3. The van der Waals surface area contributed by atoms with Gasteiger partial charge in [0.25, 0.3) is 0 Å². The molecule has 4 rings (SSSR count). The summed E-state index contributed by atoms with van der Waals surface area (Å²) in [5, 5.41) is 0. The summed E-state index contributed by atoms with van der Waals surface area (Å²) < 4.78 is 11.5. The number of epoxide rings is 2. The van der Waals surface area contributed by atoms with E-state index in [4.69, 9.17) is 9.47 Å². The summed E-state index contributed by atoms with van der Waals surface area (Å²) >= 11 is 0. The van der Waals surface area contributed by atoms with Crippen molar-refractivity contribution in [2.45, 2.75) is 23.9 Å². The van der Waals surface area contributed by atoms with Crippen LogP contribution >= 0.6 is 0 Å². The van der Waals surface area contributed by atoms with Gasteiger partial charge in [0.1, 0.15) is 23.9 Å². The number of benzene rings is 1. The molecule has 1 aliphatic carbocycles. The summed E-state index contributed by atoms with van der Waals surface area (Å²) in [6, 6.07) is 6.20. The lowest BCUT2D eigenvalue weighted by molar-refractivity contribution is 0.294. The highest BCUT2D eigenvalue weighted by Crippen LogP contribution is 2.58. The number of hydrogen-bond acceptors (Lipinski definition) is 2. The van der Waals surface area contributed by atoms with E-state index in [0.29, 0.717) is 0 Å². The van der Waals surface area contributed by atoms with Crippen molar-refractivity contribution >= 4 is 12.2 Å². The number of rotatable bonds is 3. The van der Waals surface area contributed by atoms with Crippen LogP contribution in [0.3, 0.4) is 0 Å². The van der Waals surface area contributed by atoms with Crippen molar-refractivity contribution in [3.63, 3.8) is 0 Å². The molecule has 0 bridgehead atoms. The van der Waals surface area contributed by atoms with E-state index in [0.717, 1.165) is 11.1 Å². The largest absolute Gasteiger partial charge is 0.362 e. The molecular weight excluding hydrogens is 224 g/mol. The van der Waals surface area contributed by atoms with Gasteiger partial charge in [0.05, 0.1) is 0 Å². The van der Waals surface area contributed by atoms with Crippen molar-refractivity contribution in [3.8, 4) is 0 Å². The minimum absolute atomic E-state index is 0.172. The topological polar surface area (TPSA) is 25.1 Å². The molecule has 4 unspecified atom stereocenters. The van der Waals surface area contributed by atoms with Gasteiger partial charge in [-0.1, -0.05) is 49.6 Å². The summed E-state index contributed by atoms with van der Waals surface area (Å²) in [6.07, 6.45) is 8.69. The minimum atomic E-state index is -0.291. The maximum Gasteiger partial charge on any atom is 0.141 e. The van der Waals surface area contributed by atoms with Crippen LogP contribution in [0.5, 0.6) is 0 Å². The van der Waals surface area contributed by atoms with Crippen molar-refractivity contribution in [3.05, 3.63) is 60.2 Å². The zero-order valence-corrected chi connectivity index (χ0v) is 10.0. The molecule has 0 N–H and O–H groups in total. The molecule has 0 spiro atoms. The lowest BCUT2D eigenvalue weighted by Crippen LogP contribution is -2.19. The Hall–Kier alpha value is -1.64. The van der Waals surface area contributed by atoms with Crippen LogP contribution in [0.15, 0.2) is 43.5 Å². The Balaban J connectivity index is 1.87. The maximum absolute atomic E-state index is 5.95. The first-order valence-corrected chi connectivity index (χ1v) is 6.21. The van der Waals surface area contributed by atoms with Gasteiger partial charge in [0, 0.05) is 0 Å². The van der Waals surface area contributed by atoms with Crippen molar-refractivity contribution < 1.29 is 9.47 Å². The fourth-order valence-corrected chi connectivity index (χ4v) is 3.03. The first-order valence-electron chi connectivity index (χ1n) is 6.21. The van der Waals surface area contributed by atoms with Crippen molar-refractivity contribution in [2.24, 2.45) is 0 Å². The van der Waals surface area contributed by atoms with Crippen LogP contribution < -0.4 is 0 Å². The average molecular weight is 238 g/mol. The predicted molar refractivity (Wildman–Crippen MR) is 71.0 cm³/mol. The zero-order valence-electron chi connectivity index (χ0n) is 10.0. The Bertz CT molecular complexity index is 587. The lowest BCUT2D eigenvalue weighted by Gasteiger charge is -2.15. The van der Waals surface area contributed by atoms with E-state index in [9.17, 15) is 0 Å². The molecule has 1 aromatic carbocycles. The summed E-state index contributed by atoms with van der Waals surface area (Å²) in [5.41, 5.74) is 3.09. The Morgan fingerprint density at radius 2 is 2.11 bits per heavy atom. The molecule has 0 radical (unpaired) electrons. The highest BCUT2D eigenvalue weighted by Gasteiger charge is 2.69. The molecule has 0 aromatic heterocycles. The van der Waals surface area contributed by atoms with Gasteiger partial charge in [-0.25, -0.2) is 0 Å². The van der Waals surface area contributed by atoms with Gasteiger partial charge < -0.3 is 9.47 Å². The Morgan fingerprint density at radius 1 is 1.22 bits per heavy atom. The molecule has 3 aliphatic rings. The SMILES string of the molecule is C=Cc1cccc(C23C=CC4OC4C2O3)c1C=C. The molecule has 2 fully saturated rings. The molecule has 1 aromatic rings. The van der Waals surface area contributed by atoms with E-state index in [1.165, 1.54) is 5.56 Å². The Labute approximate surface area is 106 Å². The van der Waals surface area contributed by atoms with E-state index in [-0.39, 0.29) is 23.9 Å². The number of ether oxygens (including phenoxy) is 2. The molecule has 4 atom stereocenters. The molecule has 18 heavy (non-hydrogen) atoms. The van der Waals surface area contributed by atoms with Gasteiger partial charge in [0.2, 0.25) is 0 Å². The van der Waals surface area contributed by atoms with Crippen molar-refractivity contribution in [1.29, 1.82) is 0 Å². The predicted octanol–water partition coefficient (Wildman–Crippen LogP) is 2.90. The second kappa shape index (κ2) is 3.22. The monoisotopic (exact) mass is 238 g/mol.